The molecule has 2 unspecified atom stereocenters. The van der Waals surface area contributed by atoms with Crippen molar-refractivity contribution in [3.63, 3.8) is 0 Å². The Morgan fingerprint density at radius 2 is 2.12 bits per heavy atom. The molecular weight excluding hydrogens is 230 g/mol. The van der Waals surface area contributed by atoms with Gasteiger partial charge in [-0.3, -0.25) is 0 Å². The van der Waals surface area contributed by atoms with Crippen LogP contribution < -0.4 is 5.32 Å². The fraction of sp³-hybridized carbons (Fsp3) is 0.600. The predicted molar refractivity (Wildman–Crippen MR) is 74.8 cm³/mol. The van der Waals surface area contributed by atoms with Crippen LogP contribution in [0, 0.1) is 12.8 Å². The molecule has 2 rings (SSSR count). The second kappa shape index (κ2) is 5.41. The first-order chi connectivity index (χ1) is 8.08. The summed E-state index contributed by atoms with van der Waals surface area (Å²) in [5, 5.41) is 4.45. The fourth-order valence-electron chi connectivity index (χ4n) is 2.48. The van der Waals surface area contributed by atoms with Gasteiger partial charge in [-0.2, -0.15) is 0 Å². The van der Waals surface area contributed by atoms with E-state index in [-0.39, 0.29) is 0 Å². The quantitative estimate of drug-likeness (QED) is 0.848. The smallest absolute Gasteiger partial charge is 0.0438 e. The molecule has 0 amide bonds. The zero-order chi connectivity index (χ0) is 12.4. The highest BCUT2D eigenvalue weighted by Crippen LogP contribution is 2.42. The molecule has 94 valence electrons. The van der Waals surface area contributed by atoms with Gasteiger partial charge in [-0.15, -0.1) is 0 Å². The van der Waals surface area contributed by atoms with Crippen molar-refractivity contribution in [3.05, 3.63) is 34.3 Å². The molecule has 1 N–H and O–H groups in total. The molecule has 0 saturated heterocycles. The van der Waals surface area contributed by atoms with Crippen LogP contribution in [-0.2, 0) is 0 Å². The van der Waals surface area contributed by atoms with E-state index in [9.17, 15) is 0 Å². The summed E-state index contributed by atoms with van der Waals surface area (Å²) in [6.07, 6.45) is 2.65. The minimum Gasteiger partial charge on any atom is -0.314 e. The highest BCUT2D eigenvalue weighted by atomic mass is 35.5. The lowest BCUT2D eigenvalue weighted by molar-refractivity contribution is 0.241. The molecule has 1 saturated carbocycles. The zero-order valence-corrected chi connectivity index (χ0v) is 11.7. The molecule has 0 aliphatic heterocycles. The maximum Gasteiger partial charge on any atom is 0.0438 e. The fourth-order valence-corrected chi connectivity index (χ4v) is 2.67. The van der Waals surface area contributed by atoms with Crippen LogP contribution in [0.1, 0.15) is 43.7 Å². The van der Waals surface area contributed by atoms with Crippen molar-refractivity contribution in [3.8, 4) is 0 Å². The lowest BCUT2D eigenvalue weighted by Crippen LogP contribution is -2.36. The maximum atomic E-state index is 6.20. The molecule has 2 heteroatoms. The minimum absolute atomic E-state index is 0.581. The number of hydrogen-bond donors (Lipinski definition) is 1. The van der Waals surface area contributed by atoms with Crippen LogP contribution in [0.15, 0.2) is 18.2 Å². The zero-order valence-electron chi connectivity index (χ0n) is 11.0. The lowest BCUT2D eigenvalue weighted by Gasteiger charge is -2.38. The van der Waals surface area contributed by atoms with Gasteiger partial charge in [0.25, 0.3) is 0 Å². The Balaban J connectivity index is 2.00. The lowest BCUT2D eigenvalue weighted by atomic mass is 9.70. The molecular formula is C15H22ClN. The first kappa shape index (κ1) is 12.9. The highest BCUT2D eigenvalue weighted by Gasteiger charge is 2.31. The van der Waals surface area contributed by atoms with Crippen molar-refractivity contribution < 1.29 is 0 Å². The third-order valence-corrected chi connectivity index (χ3v) is 4.24. The summed E-state index contributed by atoms with van der Waals surface area (Å²) < 4.78 is 0. The third kappa shape index (κ3) is 3.02. The highest BCUT2D eigenvalue weighted by molar-refractivity contribution is 6.31. The normalized spacial score (nSPS) is 23.8. The number of aryl methyl sites for hydroxylation is 1. The van der Waals surface area contributed by atoms with E-state index in [4.69, 9.17) is 11.6 Å². The molecule has 1 aliphatic carbocycles. The number of rotatable bonds is 4. The van der Waals surface area contributed by atoms with Crippen LogP contribution in [0.2, 0.25) is 5.02 Å². The van der Waals surface area contributed by atoms with Gasteiger partial charge in [0.05, 0.1) is 0 Å². The van der Waals surface area contributed by atoms with Gasteiger partial charge in [-0.1, -0.05) is 37.6 Å². The average molecular weight is 252 g/mol. The van der Waals surface area contributed by atoms with Crippen LogP contribution in [0.25, 0.3) is 0 Å². The molecule has 0 radical (unpaired) electrons. The SMILES string of the molecule is Cc1ccc(C2CCC2CNC(C)C)cc1Cl. The second-order valence-corrected chi connectivity index (χ2v) is 5.92. The first-order valence-electron chi connectivity index (χ1n) is 6.57. The van der Waals surface area contributed by atoms with Gasteiger partial charge >= 0.3 is 0 Å². The Labute approximate surface area is 110 Å². The van der Waals surface area contributed by atoms with E-state index in [0.29, 0.717) is 12.0 Å². The summed E-state index contributed by atoms with van der Waals surface area (Å²) in [6.45, 7) is 7.60. The van der Waals surface area contributed by atoms with E-state index in [2.05, 4.69) is 44.3 Å². The summed E-state index contributed by atoms with van der Waals surface area (Å²) in [5.74, 6) is 1.50. The summed E-state index contributed by atoms with van der Waals surface area (Å²) in [7, 11) is 0. The average Bonchev–Trinajstić information content (AvgIpc) is 2.21. The van der Waals surface area contributed by atoms with Crippen molar-refractivity contribution in [2.45, 2.75) is 45.6 Å². The molecule has 0 aromatic heterocycles. The standard InChI is InChI=1S/C15H22ClN/c1-10(2)17-9-13-6-7-14(13)12-5-4-11(3)15(16)8-12/h4-5,8,10,13-14,17H,6-7,9H2,1-3H3. The molecule has 1 nitrogen and oxygen atoms in total. The van der Waals surface area contributed by atoms with Crippen LogP contribution in [0.3, 0.4) is 0 Å². The number of benzene rings is 1. The van der Waals surface area contributed by atoms with Crippen molar-refractivity contribution in [1.82, 2.24) is 5.32 Å². The summed E-state index contributed by atoms with van der Waals surface area (Å²) in [5.41, 5.74) is 2.59. The Morgan fingerprint density at radius 3 is 2.65 bits per heavy atom. The monoisotopic (exact) mass is 251 g/mol. The summed E-state index contributed by atoms with van der Waals surface area (Å²) >= 11 is 6.20. The van der Waals surface area contributed by atoms with Crippen molar-refractivity contribution >= 4 is 11.6 Å². The summed E-state index contributed by atoms with van der Waals surface area (Å²) in [4.78, 5) is 0. The molecule has 0 bridgehead atoms. The van der Waals surface area contributed by atoms with E-state index < -0.39 is 0 Å². The van der Waals surface area contributed by atoms with Gasteiger partial charge in [0.1, 0.15) is 0 Å². The van der Waals surface area contributed by atoms with Crippen molar-refractivity contribution in [2.24, 2.45) is 5.92 Å². The Bertz CT molecular complexity index is 387. The van der Waals surface area contributed by atoms with Gasteiger partial charge in [0, 0.05) is 11.1 Å². The Hall–Kier alpha value is -0.530. The summed E-state index contributed by atoms with van der Waals surface area (Å²) in [6, 6.07) is 7.12. The molecule has 0 heterocycles. The van der Waals surface area contributed by atoms with Crippen LogP contribution >= 0.6 is 11.6 Å². The molecule has 1 fully saturated rings. The molecule has 1 aromatic carbocycles. The van der Waals surface area contributed by atoms with Gasteiger partial charge in [-0.05, 0) is 55.3 Å². The van der Waals surface area contributed by atoms with Gasteiger partial charge in [0.15, 0.2) is 0 Å². The molecule has 0 spiro atoms. The minimum atomic E-state index is 0.581. The number of halogens is 1. The number of nitrogens with one attached hydrogen (secondary N) is 1. The van der Waals surface area contributed by atoms with E-state index in [1.165, 1.54) is 24.0 Å². The Kier molecular flexibility index (Phi) is 4.11. The van der Waals surface area contributed by atoms with Gasteiger partial charge in [-0.25, -0.2) is 0 Å². The van der Waals surface area contributed by atoms with Crippen molar-refractivity contribution in [2.75, 3.05) is 6.54 Å². The molecule has 2 atom stereocenters. The largest absolute Gasteiger partial charge is 0.314 e. The van der Waals surface area contributed by atoms with E-state index in [1.54, 1.807) is 0 Å². The van der Waals surface area contributed by atoms with E-state index in [0.717, 1.165) is 17.5 Å². The first-order valence-corrected chi connectivity index (χ1v) is 6.95. The Morgan fingerprint density at radius 1 is 1.35 bits per heavy atom. The van der Waals surface area contributed by atoms with E-state index in [1.807, 2.05) is 0 Å². The predicted octanol–water partition coefficient (Wildman–Crippen LogP) is 4.14. The van der Waals surface area contributed by atoms with Gasteiger partial charge < -0.3 is 5.32 Å². The molecule has 1 aromatic rings. The number of hydrogen-bond acceptors (Lipinski definition) is 1. The topological polar surface area (TPSA) is 12.0 Å². The van der Waals surface area contributed by atoms with Crippen LogP contribution in [0.5, 0.6) is 0 Å². The van der Waals surface area contributed by atoms with Crippen LogP contribution in [0.4, 0.5) is 0 Å². The van der Waals surface area contributed by atoms with Crippen molar-refractivity contribution in [1.29, 1.82) is 0 Å². The maximum absolute atomic E-state index is 6.20. The second-order valence-electron chi connectivity index (χ2n) is 5.52. The van der Waals surface area contributed by atoms with Crippen LogP contribution in [-0.4, -0.2) is 12.6 Å². The third-order valence-electron chi connectivity index (χ3n) is 3.83. The molecule has 1 aliphatic rings. The van der Waals surface area contributed by atoms with Gasteiger partial charge in [0.2, 0.25) is 0 Å². The molecule has 17 heavy (non-hydrogen) atoms. The van der Waals surface area contributed by atoms with E-state index >= 15 is 0 Å².